The second-order valence-corrected chi connectivity index (χ2v) is 11.0. The van der Waals surface area contributed by atoms with E-state index in [0.717, 1.165) is 48.2 Å². The zero-order valence-electron chi connectivity index (χ0n) is 21.8. The van der Waals surface area contributed by atoms with Crippen LogP contribution < -0.4 is 0 Å². The van der Waals surface area contributed by atoms with Gasteiger partial charge >= 0.3 is 0 Å². The monoisotopic (exact) mass is 476 g/mol. The third kappa shape index (κ3) is 10.4. The first kappa shape index (κ1) is 28.9. The quantitative estimate of drug-likeness (QED) is 0.290. The molecule has 196 valence electrons. The number of likely N-dealkylation sites (tertiary alicyclic amines) is 2. The lowest BCUT2D eigenvalue weighted by Gasteiger charge is -2.35. The standard InChI is InChI=1S/C25H52N2O6/c1-5-30-19-25(20-31-6-2,21-32-17-23(28)15-26(3)11-7-8-12-26)22-33-18-24(29)16-27(4)13-9-10-14-27/h23-24,28-29H,5-22H2,1-4H3/q+2. The van der Waals surface area contributed by atoms with E-state index in [1.54, 1.807) is 0 Å². The van der Waals surface area contributed by atoms with Crippen LogP contribution in [0.5, 0.6) is 0 Å². The minimum absolute atomic E-state index is 0.298. The molecule has 0 saturated carbocycles. The molecule has 0 amide bonds. The molecule has 2 aliphatic heterocycles. The van der Waals surface area contributed by atoms with Gasteiger partial charge in [0.2, 0.25) is 0 Å². The van der Waals surface area contributed by atoms with E-state index in [1.165, 1.54) is 25.7 Å². The summed E-state index contributed by atoms with van der Waals surface area (Å²) in [5.74, 6) is 0. The molecule has 2 saturated heterocycles. The van der Waals surface area contributed by atoms with Gasteiger partial charge in [0.05, 0.1) is 85.3 Å². The van der Waals surface area contributed by atoms with Crippen LogP contribution in [0.15, 0.2) is 0 Å². The van der Waals surface area contributed by atoms with Gasteiger partial charge in [-0.05, 0) is 13.8 Å². The number of aliphatic hydroxyl groups excluding tert-OH is 2. The second kappa shape index (κ2) is 14.3. The molecule has 2 atom stereocenters. The minimum atomic E-state index is -0.488. The van der Waals surface area contributed by atoms with Crippen molar-refractivity contribution in [3.8, 4) is 0 Å². The Bertz CT molecular complexity index is 477. The molecule has 0 spiro atoms. The number of nitrogens with zero attached hydrogens (tertiary/aromatic N) is 2. The van der Waals surface area contributed by atoms with Gasteiger partial charge < -0.3 is 38.1 Å². The average Bonchev–Trinajstić information content (AvgIpc) is 3.38. The Morgan fingerprint density at radius 3 is 1.30 bits per heavy atom. The van der Waals surface area contributed by atoms with Crippen LogP contribution in [0.2, 0.25) is 0 Å². The first-order valence-corrected chi connectivity index (χ1v) is 13.1. The summed E-state index contributed by atoms with van der Waals surface area (Å²) in [7, 11) is 4.43. The fourth-order valence-electron chi connectivity index (χ4n) is 5.40. The highest BCUT2D eigenvalue weighted by atomic mass is 16.5. The van der Waals surface area contributed by atoms with Gasteiger partial charge in [-0.25, -0.2) is 0 Å². The summed E-state index contributed by atoms with van der Waals surface area (Å²) >= 11 is 0. The summed E-state index contributed by atoms with van der Waals surface area (Å²) in [5, 5.41) is 21.1. The molecule has 0 aromatic rings. The van der Waals surface area contributed by atoms with Gasteiger partial charge in [-0.2, -0.15) is 0 Å². The number of hydrogen-bond acceptors (Lipinski definition) is 6. The van der Waals surface area contributed by atoms with Crippen LogP contribution in [0.4, 0.5) is 0 Å². The first-order chi connectivity index (χ1) is 15.7. The molecule has 8 heteroatoms. The first-order valence-electron chi connectivity index (χ1n) is 13.1. The molecule has 0 bridgehead atoms. The van der Waals surface area contributed by atoms with Crippen LogP contribution in [-0.4, -0.2) is 138 Å². The third-order valence-corrected chi connectivity index (χ3v) is 7.26. The van der Waals surface area contributed by atoms with Gasteiger partial charge in [0.1, 0.15) is 25.3 Å². The Hall–Kier alpha value is -0.320. The van der Waals surface area contributed by atoms with Crippen LogP contribution in [-0.2, 0) is 18.9 Å². The predicted octanol–water partition coefficient (Wildman–Crippen LogP) is 1.28. The van der Waals surface area contributed by atoms with E-state index in [-0.39, 0.29) is 0 Å². The Morgan fingerprint density at radius 1 is 0.636 bits per heavy atom. The number of hydrogen-bond donors (Lipinski definition) is 2. The molecule has 2 N–H and O–H groups in total. The molecule has 0 radical (unpaired) electrons. The summed E-state index contributed by atoms with van der Waals surface area (Å²) in [6, 6.07) is 0. The lowest BCUT2D eigenvalue weighted by atomic mass is 9.92. The number of aliphatic hydroxyl groups is 2. The van der Waals surface area contributed by atoms with E-state index < -0.39 is 17.6 Å². The fourth-order valence-corrected chi connectivity index (χ4v) is 5.40. The van der Waals surface area contributed by atoms with Crippen molar-refractivity contribution in [1.29, 1.82) is 0 Å². The predicted molar refractivity (Wildman–Crippen MR) is 129 cm³/mol. The SMILES string of the molecule is CCOCC(COCC)(COCC(O)C[N+]1(C)CCCC1)COCC(O)C[N+]1(C)CCCC1. The number of rotatable bonds is 18. The summed E-state index contributed by atoms with van der Waals surface area (Å²) in [5.41, 5.74) is -0.469. The normalized spacial score (nSPS) is 22.0. The molecule has 2 aliphatic rings. The minimum Gasteiger partial charge on any atom is -0.385 e. The Kier molecular flexibility index (Phi) is 12.5. The molecule has 0 aromatic heterocycles. The Balaban J connectivity index is 1.85. The maximum atomic E-state index is 10.6. The molecule has 33 heavy (non-hydrogen) atoms. The van der Waals surface area contributed by atoms with Crippen LogP contribution in [0, 0.1) is 5.41 Å². The van der Waals surface area contributed by atoms with Crippen molar-refractivity contribution in [2.75, 3.05) is 106 Å². The highest BCUT2D eigenvalue weighted by Crippen LogP contribution is 2.23. The highest BCUT2D eigenvalue weighted by molar-refractivity contribution is 4.80. The zero-order valence-corrected chi connectivity index (χ0v) is 21.8. The lowest BCUT2D eigenvalue weighted by Crippen LogP contribution is -2.49. The molecular formula is C25H52N2O6+2. The van der Waals surface area contributed by atoms with E-state index in [9.17, 15) is 10.2 Å². The van der Waals surface area contributed by atoms with Gasteiger partial charge in [-0.3, -0.25) is 0 Å². The van der Waals surface area contributed by atoms with Crippen molar-refractivity contribution < 1.29 is 38.1 Å². The molecule has 0 aromatic carbocycles. The van der Waals surface area contributed by atoms with E-state index in [2.05, 4.69) is 14.1 Å². The smallest absolute Gasteiger partial charge is 0.126 e. The number of likely N-dealkylation sites (N-methyl/N-ethyl adjacent to an activating group) is 2. The average molecular weight is 477 g/mol. The number of ether oxygens (including phenoxy) is 4. The molecule has 2 heterocycles. The third-order valence-electron chi connectivity index (χ3n) is 7.26. The summed E-state index contributed by atoms with van der Waals surface area (Å²) < 4.78 is 25.5. The Morgan fingerprint density at radius 2 is 0.970 bits per heavy atom. The van der Waals surface area contributed by atoms with Gasteiger partial charge in [-0.1, -0.05) is 0 Å². The van der Waals surface area contributed by atoms with Crippen molar-refractivity contribution in [3.63, 3.8) is 0 Å². The van der Waals surface area contributed by atoms with E-state index in [4.69, 9.17) is 18.9 Å². The summed E-state index contributed by atoms with van der Waals surface area (Å²) in [4.78, 5) is 0. The highest BCUT2D eigenvalue weighted by Gasteiger charge is 2.35. The summed E-state index contributed by atoms with van der Waals surface area (Å²) in [6.07, 6.45) is 3.96. The van der Waals surface area contributed by atoms with Crippen molar-refractivity contribution in [3.05, 3.63) is 0 Å². The maximum Gasteiger partial charge on any atom is 0.126 e. The van der Waals surface area contributed by atoms with Crippen molar-refractivity contribution in [2.24, 2.45) is 5.41 Å². The van der Waals surface area contributed by atoms with Crippen molar-refractivity contribution in [2.45, 2.75) is 51.7 Å². The molecule has 0 aliphatic carbocycles. The van der Waals surface area contributed by atoms with Gasteiger partial charge in [0.25, 0.3) is 0 Å². The van der Waals surface area contributed by atoms with Gasteiger partial charge in [0.15, 0.2) is 0 Å². The second-order valence-electron chi connectivity index (χ2n) is 11.0. The maximum absolute atomic E-state index is 10.6. The Labute approximate surface area is 201 Å². The van der Waals surface area contributed by atoms with Crippen LogP contribution in [0.1, 0.15) is 39.5 Å². The van der Waals surface area contributed by atoms with E-state index in [1.807, 2.05) is 13.8 Å². The summed E-state index contributed by atoms with van der Waals surface area (Å²) in [6.45, 7) is 13.4. The molecule has 8 nitrogen and oxygen atoms in total. The molecule has 2 unspecified atom stereocenters. The molecule has 2 fully saturated rings. The largest absolute Gasteiger partial charge is 0.385 e. The van der Waals surface area contributed by atoms with E-state index in [0.29, 0.717) is 52.9 Å². The van der Waals surface area contributed by atoms with Crippen LogP contribution in [0.25, 0.3) is 0 Å². The fraction of sp³-hybridized carbons (Fsp3) is 1.00. The van der Waals surface area contributed by atoms with Crippen molar-refractivity contribution >= 4 is 0 Å². The zero-order chi connectivity index (χ0) is 24.2. The van der Waals surface area contributed by atoms with Crippen LogP contribution >= 0.6 is 0 Å². The topological polar surface area (TPSA) is 77.4 Å². The van der Waals surface area contributed by atoms with Gasteiger partial charge in [0, 0.05) is 38.9 Å². The van der Waals surface area contributed by atoms with E-state index >= 15 is 0 Å². The molecule has 2 rings (SSSR count). The molecular weight excluding hydrogens is 424 g/mol. The lowest BCUT2D eigenvalue weighted by molar-refractivity contribution is -0.900. The van der Waals surface area contributed by atoms with Crippen LogP contribution in [0.3, 0.4) is 0 Å². The van der Waals surface area contributed by atoms with Crippen molar-refractivity contribution in [1.82, 2.24) is 0 Å². The van der Waals surface area contributed by atoms with Gasteiger partial charge in [-0.15, -0.1) is 0 Å². The number of quaternary nitrogens is 2.